The number of carbonyl (C=O) groups is 1. The average Bonchev–Trinajstić information content (AvgIpc) is 2.97. The Morgan fingerprint density at radius 1 is 1.36 bits per heavy atom. The lowest BCUT2D eigenvalue weighted by Gasteiger charge is -2.41. The van der Waals surface area contributed by atoms with E-state index in [4.69, 9.17) is 13.9 Å². The molecule has 22 heavy (non-hydrogen) atoms. The van der Waals surface area contributed by atoms with Gasteiger partial charge in [-0.2, -0.15) is 0 Å². The molecule has 1 aliphatic heterocycles. The Balaban J connectivity index is 1.86. The molecule has 0 atom stereocenters. The van der Waals surface area contributed by atoms with Crippen molar-refractivity contribution in [3.8, 4) is 0 Å². The molecule has 0 saturated carbocycles. The number of rotatable bonds is 4. The number of furan rings is 1. The van der Waals surface area contributed by atoms with Crippen LogP contribution in [-0.4, -0.2) is 35.3 Å². The van der Waals surface area contributed by atoms with Crippen LogP contribution in [0.15, 0.2) is 22.8 Å². The van der Waals surface area contributed by atoms with Crippen LogP contribution in [0.25, 0.3) is 0 Å². The van der Waals surface area contributed by atoms with Gasteiger partial charge in [0.25, 0.3) is 0 Å². The van der Waals surface area contributed by atoms with Crippen LogP contribution in [0.4, 0.5) is 4.79 Å². The maximum atomic E-state index is 12.1. The summed E-state index contributed by atoms with van der Waals surface area (Å²) in [5, 5.41) is 0. The summed E-state index contributed by atoms with van der Waals surface area (Å²) in [6.45, 7) is 9.60. The van der Waals surface area contributed by atoms with Crippen LogP contribution in [0.3, 0.4) is 0 Å². The third kappa shape index (κ3) is 4.50. The van der Waals surface area contributed by atoms with Crippen LogP contribution in [0.1, 0.15) is 52.7 Å². The lowest BCUT2D eigenvalue weighted by Crippen LogP contribution is -2.49. The Kier molecular flexibility index (Phi) is 5.16. The number of likely N-dealkylation sites (tertiary alicyclic amines) is 1. The van der Waals surface area contributed by atoms with Crippen molar-refractivity contribution in [2.24, 2.45) is 0 Å². The van der Waals surface area contributed by atoms with E-state index in [0.717, 1.165) is 25.0 Å². The number of carbonyl (C=O) groups excluding carboxylic acids is 1. The van der Waals surface area contributed by atoms with Gasteiger partial charge in [0.2, 0.25) is 0 Å². The first-order valence-corrected chi connectivity index (χ1v) is 7.98. The summed E-state index contributed by atoms with van der Waals surface area (Å²) in [5.41, 5.74) is -0.628. The van der Waals surface area contributed by atoms with Gasteiger partial charge in [-0.15, -0.1) is 0 Å². The van der Waals surface area contributed by atoms with E-state index in [-0.39, 0.29) is 11.7 Å². The first kappa shape index (κ1) is 16.9. The highest BCUT2D eigenvalue weighted by Crippen LogP contribution is 2.31. The summed E-state index contributed by atoms with van der Waals surface area (Å²) in [7, 11) is 0. The number of nitrogens with zero attached hydrogens (tertiary/aromatic N) is 1. The minimum Gasteiger partial charge on any atom is -0.467 e. The van der Waals surface area contributed by atoms with Gasteiger partial charge < -0.3 is 18.8 Å². The summed E-state index contributed by atoms with van der Waals surface area (Å²) in [6, 6.07) is 3.78. The fourth-order valence-electron chi connectivity index (χ4n) is 2.64. The third-order valence-electron chi connectivity index (χ3n) is 4.07. The standard InChI is InChI=1S/C17H27NO4/c1-5-17(21-13-14-7-6-12-20-14)8-10-18(11-9-17)15(19)22-16(2,3)4/h6-7,12H,5,8-11,13H2,1-4H3. The molecule has 0 N–H and O–H groups in total. The van der Waals surface area contributed by atoms with Gasteiger partial charge in [-0.05, 0) is 52.2 Å². The van der Waals surface area contributed by atoms with Crippen LogP contribution in [0.5, 0.6) is 0 Å². The first-order chi connectivity index (χ1) is 10.3. The highest BCUT2D eigenvalue weighted by Gasteiger charge is 2.36. The molecule has 2 heterocycles. The summed E-state index contributed by atoms with van der Waals surface area (Å²) in [4.78, 5) is 13.9. The normalized spacial score (nSPS) is 18.3. The molecule has 5 nitrogen and oxygen atoms in total. The number of hydrogen-bond acceptors (Lipinski definition) is 4. The Morgan fingerprint density at radius 2 is 2.05 bits per heavy atom. The SMILES string of the molecule is CCC1(OCc2ccco2)CCN(C(=O)OC(C)(C)C)CC1. The second-order valence-electron chi connectivity index (χ2n) is 6.87. The molecule has 2 rings (SSSR count). The van der Waals surface area contributed by atoms with Crippen LogP contribution in [0.2, 0.25) is 0 Å². The lowest BCUT2D eigenvalue weighted by atomic mass is 9.88. The van der Waals surface area contributed by atoms with E-state index in [1.54, 1.807) is 11.2 Å². The predicted molar refractivity (Wildman–Crippen MR) is 83.6 cm³/mol. The predicted octanol–water partition coefficient (Wildman–Crippen LogP) is 3.98. The highest BCUT2D eigenvalue weighted by molar-refractivity contribution is 5.68. The second kappa shape index (κ2) is 6.73. The molecule has 1 aromatic heterocycles. The fourth-order valence-corrected chi connectivity index (χ4v) is 2.64. The summed E-state index contributed by atoms with van der Waals surface area (Å²) < 4.78 is 16.9. The van der Waals surface area contributed by atoms with Crippen molar-refractivity contribution in [2.45, 2.75) is 64.8 Å². The van der Waals surface area contributed by atoms with Gasteiger partial charge in [0.15, 0.2) is 0 Å². The van der Waals surface area contributed by atoms with Gasteiger partial charge in [0, 0.05) is 13.1 Å². The zero-order valence-electron chi connectivity index (χ0n) is 14.1. The average molecular weight is 309 g/mol. The topological polar surface area (TPSA) is 51.9 Å². The second-order valence-corrected chi connectivity index (χ2v) is 6.87. The molecule has 0 radical (unpaired) electrons. The van der Waals surface area contributed by atoms with Gasteiger partial charge >= 0.3 is 6.09 Å². The smallest absolute Gasteiger partial charge is 0.410 e. The van der Waals surface area contributed by atoms with Crippen LogP contribution in [0, 0.1) is 0 Å². The largest absolute Gasteiger partial charge is 0.467 e. The molecular weight excluding hydrogens is 282 g/mol. The molecule has 5 heteroatoms. The van der Waals surface area contributed by atoms with E-state index in [1.165, 1.54) is 0 Å². The summed E-state index contributed by atoms with van der Waals surface area (Å²) in [6.07, 6.45) is 3.99. The van der Waals surface area contributed by atoms with Gasteiger partial charge in [-0.25, -0.2) is 4.79 Å². The van der Waals surface area contributed by atoms with Crippen molar-refractivity contribution >= 4 is 6.09 Å². The fraction of sp³-hybridized carbons (Fsp3) is 0.706. The van der Waals surface area contributed by atoms with E-state index in [0.29, 0.717) is 19.7 Å². The van der Waals surface area contributed by atoms with E-state index in [1.807, 2.05) is 32.9 Å². The van der Waals surface area contributed by atoms with Gasteiger partial charge in [0.05, 0.1) is 11.9 Å². The lowest BCUT2D eigenvalue weighted by molar-refractivity contribution is -0.0995. The van der Waals surface area contributed by atoms with Crippen molar-refractivity contribution < 1.29 is 18.7 Å². The molecule has 1 amide bonds. The number of hydrogen-bond donors (Lipinski definition) is 0. The molecular formula is C17H27NO4. The van der Waals surface area contributed by atoms with Gasteiger partial charge in [-0.1, -0.05) is 6.92 Å². The molecule has 1 aromatic rings. The zero-order valence-corrected chi connectivity index (χ0v) is 14.1. The monoisotopic (exact) mass is 309 g/mol. The minimum absolute atomic E-state index is 0.175. The number of piperidine rings is 1. The molecule has 124 valence electrons. The molecule has 0 spiro atoms. The molecule has 1 saturated heterocycles. The Bertz CT molecular complexity index is 467. The van der Waals surface area contributed by atoms with Gasteiger partial charge in [0.1, 0.15) is 18.0 Å². The summed E-state index contributed by atoms with van der Waals surface area (Å²) >= 11 is 0. The van der Waals surface area contributed by atoms with E-state index in [9.17, 15) is 4.79 Å². The molecule has 0 bridgehead atoms. The van der Waals surface area contributed by atoms with E-state index >= 15 is 0 Å². The number of ether oxygens (including phenoxy) is 2. The molecule has 0 aromatic carbocycles. The minimum atomic E-state index is -0.452. The van der Waals surface area contributed by atoms with E-state index in [2.05, 4.69) is 6.92 Å². The van der Waals surface area contributed by atoms with Crippen molar-refractivity contribution in [1.29, 1.82) is 0 Å². The quantitative estimate of drug-likeness (QED) is 0.844. The summed E-state index contributed by atoms with van der Waals surface area (Å²) in [5.74, 6) is 0.836. The van der Waals surface area contributed by atoms with Crippen LogP contribution >= 0.6 is 0 Å². The Labute approximate surface area is 132 Å². The Hall–Kier alpha value is -1.49. The molecule has 1 fully saturated rings. The van der Waals surface area contributed by atoms with Crippen molar-refractivity contribution in [1.82, 2.24) is 4.90 Å². The zero-order chi connectivity index (χ0) is 16.2. The highest BCUT2D eigenvalue weighted by atomic mass is 16.6. The van der Waals surface area contributed by atoms with Crippen LogP contribution in [-0.2, 0) is 16.1 Å². The maximum Gasteiger partial charge on any atom is 0.410 e. The van der Waals surface area contributed by atoms with Crippen molar-refractivity contribution in [3.05, 3.63) is 24.2 Å². The first-order valence-electron chi connectivity index (χ1n) is 7.98. The molecule has 1 aliphatic rings. The van der Waals surface area contributed by atoms with Gasteiger partial charge in [-0.3, -0.25) is 0 Å². The van der Waals surface area contributed by atoms with Crippen LogP contribution < -0.4 is 0 Å². The van der Waals surface area contributed by atoms with Crippen molar-refractivity contribution in [2.75, 3.05) is 13.1 Å². The van der Waals surface area contributed by atoms with E-state index < -0.39 is 5.60 Å². The maximum absolute atomic E-state index is 12.1. The van der Waals surface area contributed by atoms with Crippen molar-refractivity contribution in [3.63, 3.8) is 0 Å². The molecule has 0 unspecified atom stereocenters. The molecule has 0 aliphatic carbocycles. The Morgan fingerprint density at radius 3 is 2.55 bits per heavy atom. The number of amides is 1. The third-order valence-corrected chi connectivity index (χ3v) is 4.07.